The van der Waals surface area contributed by atoms with Crippen molar-refractivity contribution in [1.82, 2.24) is 14.9 Å². The van der Waals surface area contributed by atoms with Crippen molar-refractivity contribution in [2.24, 2.45) is 0 Å². The van der Waals surface area contributed by atoms with E-state index in [0.29, 0.717) is 22.2 Å². The molecular weight excluding hydrogens is 384 g/mol. The lowest BCUT2D eigenvalue weighted by atomic mass is 9.94. The van der Waals surface area contributed by atoms with E-state index >= 15 is 0 Å². The monoisotopic (exact) mass is 405 g/mol. The number of benzene rings is 3. The largest absolute Gasteiger partial charge is 0.343 e. The van der Waals surface area contributed by atoms with Crippen LogP contribution in [0, 0.1) is 11.6 Å². The average Bonchev–Trinajstić information content (AvgIpc) is 3.12. The molecule has 0 atom stereocenters. The van der Waals surface area contributed by atoms with Crippen molar-refractivity contribution in [3.05, 3.63) is 101 Å². The number of fused-ring (bicyclic) bond motifs is 1. The smallest absolute Gasteiger partial charge is 0.252 e. The number of rotatable bonds is 5. The molecule has 0 radical (unpaired) electrons. The molecule has 4 rings (SSSR count). The summed E-state index contributed by atoms with van der Waals surface area (Å²) in [6.07, 6.45) is 1.59. The van der Waals surface area contributed by atoms with Crippen LogP contribution in [0.1, 0.15) is 35.3 Å². The predicted molar refractivity (Wildman–Crippen MR) is 112 cm³/mol. The summed E-state index contributed by atoms with van der Waals surface area (Å²) in [6.45, 7) is 4.07. The standard InChI is InChI=1S/C24H21F2N3O/c1-24(2,18-6-4-3-5-7-18)28-23(30)16-9-11-21-22(12-16)29(15-27-21)14-17-8-10-19(25)13-20(17)26/h3-13,15H,14H2,1-2H3,(H,28,30). The fourth-order valence-electron chi connectivity index (χ4n) is 3.44. The lowest BCUT2D eigenvalue weighted by Crippen LogP contribution is -2.40. The number of carbonyl (C=O) groups excluding carboxylic acids is 1. The van der Waals surface area contributed by atoms with E-state index < -0.39 is 17.2 Å². The third-order valence-electron chi connectivity index (χ3n) is 5.16. The van der Waals surface area contributed by atoms with Gasteiger partial charge in [-0.05, 0) is 43.7 Å². The number of hydrogen-bond donors (Lipinski definition) is 1. The molecule has 3 aromatic carbocycles. The summed E-state index contributed by atoms with van der Waals surface area (Å²) in [5, 5.41) is 3.06. The number of nitrogens with one attached hydrogen (secondary N) is 1. The molecule has 0 aliphatic heterocycles. The van der Waals surface area contributed by atoms with Crippen LogP contribution in [0.5, 0.6) is 0 Å². The van der Waals surface area contributed by atoms with E-state index in [1.54, 1.807) is 29.1 Å². The van der Waals surface area contributed by atoms with Crippen molar-refractivity contribution in [3.8, 4) is 0 Å². The van der Waals surface area contributed by atoms with E-state index in [9.17, 15) is 13.6 Å². The van der Waals surface area contributed by atoms with Gasteiger partial charge in [0.1, 0.15) is 11.6 Å². The molecule has 1 amide bonds. The quantitative estimate of drug-likeness (QED) is 0.506. The van der Waals surface area contributed by atoms with Crippen molar-refractivity contribution in [2.75, 3.05) is 0 Å². The molecule has 0 spiro atoms. The van der Waals surface area contributed by atoms with E-state index in [4.69, 9.17) is 0 Å². The molecule has 30 heavy (non-hydrogen) atoms. The van der Waals surface area contributed by atoms with Crippen LogP contribution in [0.25, 0.3) is 11.0 Å². The molecule has 1 heterocycles. The van der Waals surface area contributed by atoms with Gasteiger partial charge in [0.25, 0.3) is 5.91 Å². The predicted octanol–water partition coefficient (Wildman–Crippen LogP) is 5.03. The molecule has 0 aliphatic rings. The molecule has 0 fully saturated rings. The molecule has 0 unspecified atom stereocenters. The first-order valence-electron chi connectivity index (χ1n) is 9.60. The van der Waals surface area contributed by atoms with Gasteiger partial charge in [-0.3, -0.25) is 4.79 Å². The first kappa shape index (κ1) is 19.8. The van der Waals surface area contributed by atoms with E-state index in [1.807, 2.05) is 44.2 Å². The molecule has 4 aromatic rings. The van der Waals surface area contributed by atoms with Gasteiger partial charge in [0.15, 0.2) is 0 Å². The summed E-state index contributed by atoms with van der Waals surface area (Å²) >= 11 is 0. The first-order valence-corrected chi connectivity index (χ1v) is 9.60. The minimum Gasteiger partial charge on any atom is -0.343 e. The Labute approximate surface area is 173 Å². The van der Waals surface area contributed by atoms with Gasteiger partial charge in [0.05, 0.1) is 29.4 Å². The SMILES string of the molecule is CC(C)(NC(=O)c1ccc2ncn(Cc3ccc(F)cc3F)c2c1)c1ccccc1. The maximum Gasteiger partial charge on any atom is 0.252 e. The van der Waals surface area contributed by atoms with Crippen LogP contribution in [-0.4, -0.2) is 15.5 Å². The van der Waals surface area contributed by atoms with Gasteiger partial charge in [0.2, 0.25) is 0 Å². The lowest BCUT2D eigenvalue weighted by molar-refractivity contribution is 0.0912. The van der Waals surface area contributed by atoms with Crippen LogP contribution >= 0.6 is 0 Å². The molecule has 6 heteroatoms. The Morgan fingerprint density at radius 1 is 1.03 bits per heavy atom. The minimum absolute atomic E-state index is 0.184. The van der Waals surface area contributed by atoms with Gasteiger partial charge in [0, 0.05) is 17.2 Å². The highest BCUT2D eigenvalue weighted by Crippen LogP contribution is 2.22. The van der Waals surface area contributed by atoms with Gasteiger partial charge in [-0.25, -0.2) is 13.8 Å². The third kappa shape index (κ3) is 3.94. The number of halogens is 2. The maximum atomic E-state index is 14.1. The van der Waals surface area contributed by atoms with Crippen LogP contribution in [0.3, 0.4) is 0 Å². The van der Waals surface area contributed by atoms with Crippen LogP contribution in [0.15, 0.2) is 73.1 Å². The summed E-state index contributed by atoms with van der Waals surface area (Å²) in [5.74, 6) is -1.45. The number of nitrogens with zero attached hydrogens (tertiary/aromatic N) is 2. The summed E-state index contributed by atoms with van der Waals surface area (Å²) < 4.78 is 29.0. The zero-order valence-electron chi connectivity index (χ0n) is 16.7. The Morgan fingerprint density at radius 2 is 1.80 bits per heavy atom. The van der Waals surface area contributed by atoms with Crippen molar-refractivity contribution < 1.29 is 13.6 Å². The van der Waals surface area contributed by atoms with Gasteiger partial charge in [-0.2, -0.15) is 0 Å². The van der Waals surface area contributed by atoms with Crippen LogP contribution in [0.4, 0.5) is 8.78 Å². The average molecular weight is 405 g/mol. The third-order valence-corrected chi connectivity index (χ3v) is 5.16. The molecule has 0 bridgehead atoms. The Morgan fingerprint density at radius 3 is 2.53 bits per heavy atom. The summed E-state index contributed by atoms with van der Waals surface area (Å²) in [6, 6.07) is 18.4. The molecule has 152 valence electrons. The zero-order valence-corrected chi connectivity index (χ0v) is 16.7. The van der Waals surface area contributed by atoms with Crippen molar-refractivity contribution >= 4 is 16.9 Å². The second kappa shape index (κ2) is 7.71. The molecule has 1 N–H and O–H groups in total. The summed E-state index contributed by atoms with van der Waals surface area (Å²) in [7, 11) is 0. The van der Waals surface area contributed by atoms with E-state index in [2.05, 4.69) is 10.3 Å². The van der Waals surface area contributed by atoms with Crippen LogP contribution < -0.4 is 5.32 Å². The number of aromatic nitrogens is 2. The van der Waals surface area contributed by atoms with Gasteiger partial charge in [-0.15, -0.1) is 0 Å². The Kier molecular flexibility index (Phi) is 5.08. The lowest BCUT2D eigenvalue weighted by Gasteiger charge is -2.27. The van der Waals surface area contributed by atoms with Gasteiger partial charge in [-0.1, -0.05) is 36.4 Å². The summed E-state index contributed by atoms with van der Waals surface area (Å²) in [5.41, 5.74) is 2.66. The van der Waals surface area contributed by atoms with Crippen molar-refractivity contribution in [2.45, 2.75) is 25.9 Å². The number of amides is 1. The van der Waals surface area contributed by atoms with Crippen molar-refractivity contribution in [1.29, 1.82) is 0 Å². The topological polar surface area (TPSA) is 46.9 Å². The number of carbonyl (C=O) groups is 1. The fourth-order valence-corrected chi connectivity index (χ4v) is 3.44. The Hall–Kier alpha value is -3.54. The van der Waals surface area contributed by atoms with Gasteiger partial charge >= 0.3 is 0 Å². The highest BCUT2D eigenvalue weighted by Gasteiger charge is 2.23. The normalized spacial score (nSPS) is 11.6. The maximum absolute atomic E-state index is 14.1. The minimum atomic E-state index is -0.619. The van der Waals surface area contributed by atoms with Crippen LogP contribution in [-0.2, 0) is 12.1 Å². The fraction of sp³-hybridized carbons (Fsp3) is 0.167. The molecule has 0 saturated heterocycles. The number of imidazole rings is 1. The van der Waals surface area contributed by atoms with E-state index in [1.165, 1.54) is 12.1 Å². The molecular formula is C24H21F2N3O. The second-order valence-corrected chi connectivity index (χ2v) is 7.76. The first-order chi connectivity index (χ1) is 14.3. The molecule has 1 aromatic heterocycles. The molecule has 0 aliphatic carbocycles. The number of hydrogen-bond acceptors (Lipinski definition) is 2. The highest BCUT2D eigenvalue weighted by molar-refractivity contribution is 5.97. The Bertz CT molecular complexity index is 1220. The van der Waals surface area contributed by atoms with Gasteiger partial charge < -0.3 is 9.88 Å². The van der Waals surface area contributed by atoms with Crippen molar-refractivity contribution in [3.63, 3.8) is 0 Å². The molecule has 0 saturated carbocycles. The highest BCUT2D eigenvalue weighted by atomic mass is 19.1. The van der Waals surface area contributed by atoms with Crippen LogP contribution in [0.2, 0.25) is 0 Å². The zero-order chi connectivity index (χ0) is 21.3. The second-order valence-electron chi connectivity index (χ2n) is 7.76. The summed E-state index contributed by atoms with van der Waals surface area (Å²) in [4.78, 5) is 17.2. The van der Waals surface area contributed by atoms with E-state index in [0.717, 1.165) is 11.6 Å². The molecule has 4 nitrogen and oxygen atoms in total. The Balaban J connectivity index is 1.61. The van der Waals surface area contributed by atoms with E-state index in [-0.39, 0.29) is 12.5 Å².